The molecule has 1 saturated heterocycles. The van der Waals surface area contributed by atoms with Gasteiger partial charge in [-0.1, -0.05) is 0 Å². The van der Waals surface area contributed by atoms with Crippen LogP contribution in [0.4, 0.5) is 0 Å². The zero-order chi connectivity index (χ0) is 13.6. The molecule has 1 atom stereocenters. The number of aliphatic carboxylic acids is 1. The predicted molar refractivity (Wildman–Crippen MR) is 64.7 cm³/mol. The summed E-state index contributed by atoms with van der Waals surface area (Å²) in [7, 11) is 0. The number of amides is 1. The number of nitrogens with zero attached hydrogens (tertiary/aromatic N) is 3. The van der Waals surface area contributed by atoms with E-state index in [0.717, 1.165) is 18.7 Å². The van der Waals surface area contributed by atoms with Gasteiger partial charge in [0.2, 0.25) is 5.82 Å². The van der Waals surface area contributed by atoms with Crippen molar-refractivity contribution in [3.63, 3.8) is 0 Å². The van der Waals surface area contributed by atoms with Crippen LogP contribution in [0.25, 0.3) is 0 Å². The highest BCUT2D eigenvalue weighted by Crippen LogP contribution is 2.38. The van der Waals surface area contributed by atoms with Crippen LogP contribution in [0.15, 0.2) is 0 Å². The third kappa shape index (κ3) is 1.89. The van der Waals surface area contributed by atoms with E-state index < -0.39 is 17.4 Å². The number of carboxylic acids is 1. The van der Waals surface area contributed by atoms with Gasteiger partial charge in [0, 0.05) is 12.5 Å². The molecule has 7 nitrogen and oxygen atoms in total. The number of rotatable bonds is 3. The van der Waals surface area contributed by atoms with Crippen LogP contribution in [-0.2, 0) is 4.79 Å². The molecule has 3 rings (SSSR count). The summed E-state index contributed by atoms with van der Waals surface area (Å²) in [5.41, 5.74) is -1.14. The normalized spacial score (nSPS) is 26.7. The highest BCUT2D eigenvalue weighted by molar-refractivity contribution is 5.95. The number of aromatic amines is 1. The lowest BCUT2D eigenvalue weighted by molar-refractivity contribution is -0.147. The third-order valence-corrected chi connectivity index (χ3v) is 4.00. The molecule has 2 N–H and O–H groups in total. The Bertz CT molecular complexity index is 537. The Kier molecular flexibility index (Phi) is 2.58. The van der Waals surface area contributed by atoms with E-state index >= 15 is 0 Å². The lowest BCUT2D eigenvalue weighted by Crippen LogP contribution is -2.51. The van der Waals surface area contributed by atoms with Crippen molar-refractivity contribution >= 4 is 11.9 Å². The summed E-state index contributed by atoms with van der Waals surface area (Å²) in [6, 6.07) is 0. The first-order valence-corrected chi connectivity index (χ1v) is 6.50. The van der Waals surface area contributed by atoms with Gasteiger partial charge in [0.25, 0.3) is 5.91 Å². The Morgan fingerprint density at radius 1 is 1.47 bits per heavy atom. The maximum atomic E-state index is 12.3. The summed E-state index contributed by atoms with van der Waals surface area (Å²) in [4.78, 5) is 29.3. The molecule has 1 amide bonds. The Morgan fingerprint density at radius 2 is 2.21 bits per heavy atom. The van der Waals surface area contributed by atoms with Crippen LogP contribution in [0.5, 0.6) is 0 Å². The number of hydrogen-bond donors (Lipinski definition) is 2. The molecule has 1 aliphatic heterocycles. The Labute approximate surface area is 110 Å². The second kappa shape index (κ2) is 4.04. The molecule has 1 aromatic rings. The maximum Gasteiger partial charge on any atom is 0.329 e. The second-order valence-electron chi connectivity index (χ2n) is 5.46. The molecule has 1 unspecified atom stereocenters. The van der Waals surface area contributed by atoms with Crippen molar-refractivity contribution in [2.24, 2.45) is 0 Å². The van der Waals surface area contributed by atoms with E-state index in [4.69, 9.17) is 0 Å². The van der Waals surface area contributed by atoms with Gasteiger partial charge in [-0.3, -0.25) is 9.89 Å². The minimum absolute atomic E-state index is 0.0799. The number of carbonyl (C=O) groups is 2. The smallest absolute Gasteiger partial charge is 0.329 e. The van der Waals surface area contributed by atoms with Gasteiger partial charge in [0.1, 0.15) is 11.4 Å². The van der Waals surface area contributed by atoms with Crippen molar-refractivity contribution in [3.8, 4) is 0 Å². The average molecular weight is 264 g/mol. The fourth-order valence-electron chi connectivity index (χ4n) is 2.54. The maximum absolute atomic E-state index is 12.3. The van der Waals surface area contributed by atoms with Crippen molar-refractivity contribution in [2.75, 3.05) is 6.54 Å². The van der Waals surface area contributed by atoms with Crippen LogP contribution in [0.1, 0.15) is 55.0 Å². The number of carbonyl (C=O) groups excluding carboxylic acids is 1. The zero-order valence-electron chi connectivity index (χ0n) is 10.7. The fraction of sp³-hybridized carbons (Fsp3) is 0.667. The molecule has 1 aromatic heterocycles. The van der Waals surface area contributed by atoms with E-state index in [0.29, 0.717) is 25.3 Å². The Balaban J connectivity index is 1.84. The molecule has 2 aliphatic rings. The van der Waals surface area contributed by atoms with E-state index in [1.807, 2.05) is 0 Å². The molecule has 2 fully saturated rings. The molecule has 0 spiro atoms. The van der Waals surface area contributed by atoms with E-state index in [1.54, 1.807) is 6.92 Å². The van der Waals surface area contributed by atoms with Gasteiger partial charge in [0.15, 0.2) is 0 Å². The Hall–Kier alpha value is -1.92. The zero-order valence-corrected chi connectivity index (χ0v) is 10.7. The topological polar surface area (TPSA) is 99.2 Å². The largest absolute Gasteiger partial charge is 0.480 e. The molecule has 0 radical (unpaired) electrons. The van der Waals surface area contributed by atoms with Crippen LogP contribution in [0, 0.1) is 0 Å². The number of H-pyrrole nitrogens is 1. The van der Waals surface area contributed by atoms with Crippen LogP contribution in [0.3, 0.4) is 0 Å². The lowest BCUT2D eigenvalue weighted by atomic mass is 9.99. The molecule has 1 saturated carbocycles. The molecule has 7 heteroatoms. The summed E-state index contributed by atoms with van der Waals surface area (Å²) < 4.78 is 0. The second-order valence-corrected chi connectivity index (χ2v) is 5.46. The molecular weight excluding hydrogens is 248 g/mol. The van der Waals surface area contributed by atoms with Crippen LogP contribution in [0.2, 0.25) is 0 Å². The minimum atomic E-state index is -1.14. The van der Waals surface area contributed by atoms with Crippen molar-refractivity contribution in [2.45, 2.75) is 44.1 Å². The first-order valence-electron chi connectivity index (χ1n) is 6.50. The van der Waals surface area contributed by atoms with Crippen molar-refractivity contribution in [3.05, 3.63) is 11.6 Å². The Morgan fingerprint density at radius 3 is 2.84 bits per heavy atom. The molecule has 2 heterocycles. The predicted octanol–water partition coefficient (Wildman–Crippen LogP) is 0.761. The van der Waals surface area contributed by atoms with Crippen LogP contribution < -0.4 is 0 Å². The van der Waals surface area contributed by atoms with E-state index in [1.165, 1.54) is 4.90 Å². The summed E-state index contributed by atoms with van der Waals surface area (Å²) >= 11 is 0. The number of nitrogens with one attached hydrogen (secondary N) is 1. The van der Waals surface area contributed by atoms with Gasteiger partial charge in [-0.25, -0.2) is 9.78 Å². The molecule has 0 aromatic carbocycles. The molecule has 1 aliphatic carbocycles. The number of hydrogen-bond acceptors (Lipinski definition) is 4. The van der Waals surface area contributed by atoms with Gasteiger partial charge in [-0.2, -0.15) is 0 Å². The van der Waals surface area contributed by atoms with Gasteiger partial charge in [-0.05, 0) is 32.6 Å². The number of likely N-dealkylation sites (tertiary alicyclic amines) is 1. The highest BCUT2D eigenvalue weighted by atomic mass is 16.4. The van der Waals surface area contributed by atoms with Crippen molar-refractivity contribution in [1.82, 2.24) is 20.1 Å². The molecule has 19 heavy (non-hydrogen) atoms. The molecule has 102 valence electrons. The van der Waals surface area contributed by atoms with Gasteiger partial charge < -0.3 is 10.0 Å². The van der Waals surface area contributed by atoms with Crippen LogP contribution in [-0.4, -0.2) is 49.1 Å². The van der Waals surface area contributed by atoms with E-state index in [9.17, 15) is 14.7 Å². The summed E-state index contributed by atoms with van der Waals surface area (Å²) in [5.74, 6) is -0.170. The van der Waals surface area contributed by atoms with E-state index in [-0.39, 0.29) is 5.82 Å². The third-order valence-electron chi connectivity index (χ3n) is 4.00. The summed E-state index contributed by atoms with van der Waals surface area (Å²) in [6.45, 7) is 2.02. The van der Waals surface area contributed by atoms with Crippen LogP contribution >= 0.6 is 0 Å². The van der Waals surface area contributed by atoms with E-state index in [2.05, 4.69) is 15.2 Å². The number of aromatic nitrogens is 3. The first kappa shape index (κ1) is 12.1. The van der Waals surface area contributed by atoms with Gasteiger partial charge >= 0.3 is 5.97 Å². The monoisotopic (exact) mass is 264 g/mol. The summed E-state index contributed by atoms with van der Waals surface area (Å²) in [6.07, 6.45) is 3.29. The summed E-state index contributed by atoms with van der Waals surface area (Å²) in [5, 5.41) is 16.0. The van der Waals surface area contributed by atoms with Crippen molar-refractivity contribution in [1.29, 1.82) is 0 Å². The van der Waals surface area contributed by atoms with Gasteiger partial charge in [0.05, 0.1) is 0 Å². The lowest BCUT2D eigenvalue weighted by Gasteiger charge is -2.30. The standard InChI is InChI=1S/C12H16N4O3/c1-12(11(18)19)5-2-6-16(12)10(17)9-13-8(14-15-9)7-3-4-7/h7H,2-6H2,1H3,(H,18,19)(H,13,14,15). The quantitative estimate of drug-likeness (QED) is 0.839. The van der Waals surface area contributed by atoms with Crippen molar-refractivity contribution < 1.29 is 14.7 Å². The highest BCUT2D eigenvalue weighted by Gasteiger charge is 2.47. The van der Waals surface area contributed by atoms with Gasteiger partial charge in [-0.15, -0.1) is 5.10 Å². The molecule has 0 bridgehead atoms. The first-order chi connectivity index (χ1) is 9.02. The average Bonchev–Trinajstić information content (AvgIpc) is 2.97. The molecular formula is C12H16N4O3. The minimum Gasteiger partial charge on any atom is -0.480 e. The SMILES string of the molecule is CC1(C(=O)O)CCCN1C(=O)c1n[nH]c(C2CC2)n1. The fourth-order valence-corrected chi connectivity index (χ4v) is 2.54. The number of carboxylic acid groups (broad SMARTS) is 1.